The molecule has 1 saturated heterocycles. The van der Waals surface area contributed by atoms with E-state index < -0.39 is 29.2 Å². The number of hydrogen-bond acceptors (Lipinski definition) is 3. The first-order valence-electron chi connectivity index (χ1n) is 7.93. The van der Waals surface area contributed by atoms with Crippen LogP contribution in [0.4, 0.5) is 13.2 Å². The van der Waals surface area contributed by atoms with Crippen molar-refractivity contribution in [2.45, 2.75) is 38.0 Å². The number of carboxylic acid groups (broad SMARTS) is 1. The average molecular weight is 359 g/mol. The minimum Gasteiger partial charge on any atom is -0.479 e. The summed E-state index contributed by atoms with van der Waals surface area (Å²) in [6, 6.07) is 4.68. The van der Waals surface area contributed by atoms with Gasteiger partial charge in [0.05, 0.1) is 5.56 Å². The minimum absolute atomic E-state index is 0.0406. The first-order chi connectivity index (χ1) is 11.5. The van der Waals surface area contributed by atoms with Gasteiger partial charge in [-0.3, -0.25) is 4.79 Å². The van der Waals surface area contributed by atoms with E-state index in [1.54, 1.807) is 6.92 Å². The molecule has 1 aliphatic rings. The first-order valence-corrected chi connectivity index (χ1v) is 7.93. The molecule has 8 heteroatoms. The van der Waals surface area contributed by atoms with Crippen molar-refractivity contribution in [3.05, 3.63) is 35.4 Å². The Morgan fingerprint density at radius 1 is 1.20 bits per heavy atom. The zero-order valence-electron chi connectivity index (χ0n) is 13.7. The molecule has 2 N–H and O–H groups in total. The highest BCUT2D eigenvalue weighted by Gasteiger charge is 2.40. The summed E-state index contributed by atoms with van der Waals surface area (Å²) < 4.78 is 37.6. The summed E-state index contributed by atoms with van der Waals surface area (Å²) in [5.74, 6) is -1.95. The highest BCUT2D eigenvalue weighted by Crippen LogP contribution is 2.29. The van der Waals surface area contributed by atoms with Crippen molar-refractivity contribution in [3.63, 3.8) is 0 Å². The molecule has 1 aromatic rings. The Labute approximate surface area is 143 Å². The second-order valence-electron chi connectivity index (χ2n) is 6.46. The van der Waals surface area contributed by atoms with Crippen LogP contribution >= 0.6 is 0 Å². The van der Waals surface area contributed by atoms with Crippen molar-refractivity contribution < 1.29 is 33.0 Å². The lowest BCUT2D eigenvalue weighted by Crippen LogP contribution is -2.51. The molecular formula is C17H20F3NO4. The smallest absolute Gasteiger partial charge is 0.416 e. The number of carbonyl (C=O) groups is 2. The molecule has 1 fully saturated rings. The lowest BCUT2D eigenvalue weighted by atomic mass is 9.90. The molecule has 138 valence electrons. The molecule has 1 aromatic carbocycles. The normalized spacial score (nSPS) is 18.7. The molecule has 5 nitrogen and oxygen atoms in total. The van der Waals surface area contributed by atoms with Crippen LogP contribution in [0.5, 0.6) is 0 Å². The van der Waals surface area contributed by atoms with Gasteiger partial charge in [-0.1, -0.05) is 19.1 Å². The zero-order valence-corrected chi connectivity index (χ0v) is 13.7. The summed E-state index contributed by atoms with van der Waals surface area (Å²) in [7, 11) is 0. The molecule has 0 radical (unpaired) electrons. The number of likely N-dealkylation sites (tertiary alicyclic amines) is 1. The average Bonchev–Trinajstić information content (AvgIpc) is 2.54. The van der Waals surface area contributed by atoms with Gasteiger partial charge in [-0.15, -0.1) is 0 Å². The Hall–Kier alpha value is -2.09. The fraction of sp³-hybridized carbons (Fsp3) is 0.529. The van der Waals surface area contributed by atoms with E-state index in [0.717, 1.165) is 12.1 Å². The molecule has 0 aromatic heterocycles. The summed E-state index contributed by atoms with van der Waals surface area (Å²) in [6.07, 6.45) is -4.19. The van der Waals surface area contributed by atoms with Crippen molar-refractivity contribution in [2.75, 3.05) is 13.1 Å². The van der Waals surface area contributed by atoms with E-state index in [-0.39, 0.29) is 38.3 Å². The first kappa shape index (κ1) is 19.2. The number of nitrogens with zero attached hydrogens (tertiary/aromatic N) is 1. The topological polar surface area (TPSA) is 77.8 Å². The van der Waals surface area contributed by atoms with E-state index in [4.69, 9.17) is 5.11 Å². The van der Waals surface area contributed by atoms with E-state index in [2.05, 4.69) is 0 Å². The quantitative estimate of drug-likeness (QED) is 0.865. The third-order valence-electron chi connectivity index (χ3n) is 4.55. The minimum atomic E-state index is -4.39. The van der Waals surface area contributed by atoms with Gasteiger partial charge in [0, 0.05) is 31.8 Å². The summed E-state index contributed by atoms with van der Waals surface area (Å²) in [6.45, 7) is 1.95. The van der Waals surface area contributed by atoms with Crippen LogP contribution in [0.3, 0.4) is 0 Å². The fourth-order valence-corrected chi connectivity index (χ4v) is 2.89. The van der Waals surface area contributed by atoms with Gasteiger partial charge in [-0.05, 0) is 24.1 Å². The maximum atomic E-state index is 12.5. The lowest BCUT2D eigenvalue weighted by molar-refractivity contribution is -0.165. The Balaban J connectivity index is 1.94. The van der Waals surface area contributed by atoms with E-state index in [0.29, 0.717) is 5.56 Å². The molecule has 25 heavy (non-hydrogen) atoms. The van der Waals surface area contributed by atoms with Gasteiger partial charge in [0.15, 0.2) is 5.60 Å². The summed E-state index contributed by atoms with van der Waals surface area (Å²) in [5, 5.41) is 18.9. The number of piperidine rings is 1. The van der Waals surface area contributed by atoms with Crippen LogP contribution in [0.25, 0.3) is 0 Å². The van der Waals surface area contributed by atoms with Crippen LogP contribution in [-0.4, -0.2) is 45.7 Å². The van der Waals surface area contributed by atoms with Crippen LogP contribution in [0, 0.1) is 5.92 Å². The molecule has 1 unspecified atom stereocenters. The maximum Gasteiger partial charge on any atom is 0.416 e. The highest BCUT2D eigenvalue weighted by atomic mass is 19.4. The predicted molar refractivity (Wildman–Crippen MR) is 82.7 cm³/mol. The number of rotatable bonds is 4. The third kappa shape index (κ3) is 4.50. The maximum absolute atomic E-state index is 12.5. The summed E-state index contributed by atoms with van der Waals surface area (Å²) >= 11 is 0. The summed E-state index contributed by atoms with van der Waals surface area (Å²) in [4.78, 5) is 24.9. The number of carbonyl (C=O) groups excluding carboxylic acids is 1. The molecule has 0 aliphatic carbocycles. The number of halogens is 3. The fourth-order valence-electron chi connectivity index (χ4n) is 2.89. The molecule has 1 aliphatic heterocycles. The predicted octanol–water partition coefficient (Wildman–Crippen LogP) is 2.32. The molecule has 2 rings (SSSR count). The molecule has 0 spiro atoms. The van der Waals surface area contributed by atoms with Crippen molar-refractivity contribution in [1.29, 1.82) is 0 Å². The van der Waals surface area contributed by atoms with Crippen LogP contribution in [0.2, 0.25) is 0 Å². The molecule has 1 heterocycles. The second kappa shape index (κ2) is 7.03. The van der Waals surface area contributed by atoms with Gasteiger partial charge in [0.2, 0.25) is 5.91 Å². The van der Waals surface area contributed by atoms with E-state index >= 15 is 0 Å². The summed E-state index contributed by atoms with van der Waals surface area (Å²) in [5.41, 5.74) is -1.92. The Kier molecular flexibility index (Phi) is 5.41. The SMILES string of the molecule is CC(Cc1ccc(C(F)(F)F)cc1)C(=O)N1CCC(O)(C(=O)O)CC1. The number of hydrogen-bond donors (Lipinski definition) is 2. The van der Waals surface area contributed by atoms with Crippen LogP contribution in [0.1, 0.15) is 30.9 Å². The monoisotopic (exact) mass is 359 g/mol. The van der Waals surface area contributed by atoms with Gasteiger partial charge in [0.1, 0.15) is 0 Å². The van der Waals surface area contributed by atoms with Gasteiger partial charge >= 0.3 is 12.1 Å². The van der Waals surface area contributed by atoms with Crippen molar-refractivity contribution >= 4 is 11.9 Å². The Morgan fingerprint density at radius 2 is 1.72 bits per heavy atom. The van der Waals surface area contributed by atoms with Crippen LogP contribution < -0.4 is 0 Å². The molecule has 0 saturated carbocycles. The Bertz CT molecular complexity index is 634. The van der Waals surface area contributed by atoms with E-state index in [1.165, 1.54) is 17.0 Å². The number of benzene rings is 1. The zero-order chi connectivity index (χ0) is 18.8. The van der Waals surface area contributed by atoms with Crippen LogP contribution in [-0.2, 0) is 22.2 Å². The van der Waals surface area contributed by atoms with Crippen molar-refractivity contribution in [1.82, 2.24) is 4.90 Å². The van der Waals surface area contributed by atoms with Gasteiger partial charge in [-0.2, -0.15) is 13.2 Å². The van der Waals surface area contributed by atoms with Gasteiger partial charge in [-0.25, -0.2) is 4.79 Å². The number of alkyl halides is 3. The van der Waals surface area contributed by atoms with Gasteiger partial charge < -0.3 is 15.1 Å². The number of carboxylic acids is 1. The number of aliphatic hydroxyl groups is 1. The van der Waals surface area contributed by atoms with Gasteiger partial charge in [0.25, 0.3) is 0 Å². The third-order valence-corrected chi connectivity index (χ3v) is 4.55. The van der Waals surface area contributed by atoms with E-state index in [9.17, 15) is 27.9 Å². The van der Waals surface area contributed by atoms with Crippen LogP contribution in [0.15, 0.2) is 24.3 Å². The molecule has 1 atom stereocenters. The standard InChI is InChI=1S/C17H20F3NO4/c1-11(10-12-2-4-13(5-3-12)17(18,19)20)14(22)21-8-6-16(25,7-9-21)15(23)24/h2-5,11,25H,6-10H2,1H3,(H,23,24). The second-order valence-corrected chi connectivity index (χ2v) is 6.46. The van der Waals surface area contributed by atoms with Crippen molar-refractivity contribution in [2.24, 2.45) is 5.92 Å². The molecule has 1 amide bonds. The Morgan fingerprint density at radius 3 is 2.16 bits per heavy atom. The molecule has 0 bridgehead atoms. The lowest BCUT2D eigenvalue weighted by Gasteiger charge is -2.36. The molecular weight excluding hydrogens is 339 g/mol. The largest absolute Gasteiger partial charge is 0.479 e. The van der Waals surface area contributed by atoms with Crippen molar-refractivity contribution in [3.8, 4) is 0 Å². The number of aliphatic carboxylic acids is 1. The van der Waals surface area contributed by atoms with E-state index in [1.807, 2.05) is 0 Å². The highest BCUT2D eigenvalue weighted by molar-refractivity contribution is 5.80. The number of amides is 1.